The van der Waals surface area contributed by atoms with Gasteiger partial charge in [0.25, 0.3) is 0 Å². The van der Waals surface area contributed by atoms with Crippen LogP contribution in [0.25, 0.3) is 0 Å². The van der Waals surface area contributed by atoms with Crippen LogP contribution in [0.15, 0.2) is 24.3 Å². The summed E-state index contributed by atoms with van der Waals surface area (Å²) in [7, 11) is 0. The van der Waals surface area contributed by atoms with Gasteiger partial charge in [0, 0.05) is 31.7 Å². The lowest BCUT2D eigenvalue weighted by atomic mass is 10.1. The standard InChI is InChI=1S/C14H19N3O2/c15-12-5-3-11(4-6-12)10-13(18)16-7-9-17-8-1-2-14(17)19/h3-6H,1-2,7-10,15H2,(H,16,18). The van der Waals surface area contributed by atoms with E-state index in [1.54, 1.807) is 17.0 Å². The molecular formula is C14H19N3O2. The number of nitrogens with two attached hydrogens (primary N) is 1. The molecule has 19 heavy (non-hydrogen) atoms. The van der Waals surface area contributed by atoms with E-state index in [0.29, 0.717) is 31.6 Å². The van der Waals surface area contributed by atoms with Gasteiger partial charge in [0.15, 0.2) is 0 Å². The summed E-state index contributed by atoms with van der Waals surface area (Å²) in [6.45, 7) is 1.93. The maximum Gasteiger partial charge on any atom is 0.224 e. The Kier molecular flexibility index (Phi) is 4.39. The first-order valence-corrected chi connectivity index (χ1v) is 6.54. The van der Waals surface area contributed by atoms with Crippen LogP contribution < -0.4 is 11.1 Å². The number of rotatable bonds is 5. The Morgan fingerprint density at radius 1 is 1.32 bits per heavy atom. The average Bonchev–Trinajstić information content (AvgIpc) is 2.78. The van der Waals surface area contributed by atoms with Gasteiger partial charge in [-0.3, -0.25) is 9.59 Å². The van der Waals surface area contributed by atoms with Gasteiger partial charge < -0.3 is 16.0 Å². The Balaban J connectivity index is 1.69. The first-order chi connectivity index (χ1) is 9.15. The van der Waals surface area contributed by atoms with Crippen LogP contribution in [0.5, 0.6) is 0 Å². The molecule has 5 heteroatoms. The zero-order valence-corrected chi connectivity index (χ0v) is 10.9. The third kappa shape index (κ3) is 3.98. The number of carbonyl (C=O) groups excluding carboxylic acids is 2. The third-order valence-electron chi connectivity index (χ3n) is 3.22. The first-order valence-electron chi connectivity index (χ1n) is 6.54. The van der Waals surface area contributed by atoms with E-state index in [-0.39, 0.29) is 11.8 Å². The van der Waals surface area contributed by atoms with Gasteiger partial charge >= 0.3 is 0 Å². The molecule has 1 aliphatic rings. The average molecular weight is 261 g/mol. The molecule has 3 N–H and O–H groups in total. The van der Waals surface area contributed by atoms with Crippen molar-refractivity contribution in [3.63, 3.8) is 0 Å². The summed E-state index contributed by atoms with van der Waals surface area (Å²) in [5.74, 6) is 0.157. The Morgan fingerprint density at radius 3 is 2.68 bits per heavy atom. The SMILES string of the molecule is Nc1ccc(CC(=O)NCCN2CCCC2=O)cc1. The van der Waals surface area contributed by atoms with E-state index in [4.69, 9.17) is 5.73 Å². The Morgan fingerprint density at radius 2 is 2.05 bits per heavy atom. The molecule has 1 aromatic carbocycles. The summed E-state index contributed by atoms with van der Waals surface area (Å²) in [5.41, 5.74) is 7.21. The van der Waals surface area contributed by atoms with Crippen LogP contribution >= 0.6 is 0 Å². The number of anilines is 1. The second-order valence-corrected chi connectivity index (χ2v) is 4.75. The summed E-state index contributed by atoms with van der Waals surface area (Å²) in [4.78, 5) is 24.9. The first kappa shape index (κ1) is 13.4. The number of nitrogen functional groups attached to an aromatic ring is 1. The van der Waals surface area contributed by atoms with Crippen molar-refractivity contribution < 1.29 is 9.59 Å². The molecule has 1 aliphatic heterocycles. The predicted octanol–water partition coefficient (Wildman–Crippen LogP) is 0.550. The van der Waals surface area contributed by atoms with Gasteiger partial charge in [-0.25, -0.2) is 0 Å². The maximum absolute atomic E-state index is 11.7. The molecule has 1 aromatic rings. The van der Waals surface area contributed by atoms with E-state index >= 15 is 0 Å². The Bertz CT molecular complexity index is 456. The highest BCUT2D eigenvalue weighted by atomic mass is 16.2. The number of benzene rings is 1. The van der Waals surface area contributed by atoms with Gasteiger partial charge in [-0.15, -0.1) is 0 Å². The molecule has 0 saturated carbocycles. The molecule has 0 aromatic heterocycles. The number of amides is 2. The molecule has 2 amide bonds. The number of hydrogen-bond acceptors (Lipinski definition) is 3. The van der Waals surface area contributed by atoms with Gasteiger partial charge in [0.1, 0.15) is 0 Å². The van der Waals surface area contributed by atoms with Crippen LogP contribution in [0.4, 0.5) is 5.69 Å². The van der Waals surface area contributed by atoms with Gasteiger partial charge in [-0.2, -0.15) is 0 Å². The van der Waals surface area contributed by atoms with Gasteiger partial charge in [-0.05, 0) is 24.1 Å². The smallest absolute Gasteiger partial charge is 0.224 e. The van der Waals surface area contributed by atoms with Crippen LogP contribution in [-0.4, -0.2) is 36.3 Å². The van der Waals surface area contributed by atoms with Gasteiger partial charge in [0.05, 0.1) is 6.42 Å². The van der Waals surface area contributed by atoms with Crippen molar-refractivity contribution in [3.8, 4) is 0 Å². The normalized spacial score (nSPS) is 14.7. The van der Waals surface area contributed by atoms with Crippen molar-refractivity contribution >= 4 is 17.5 Å². The molecule has 1 fully saturated rings. The summed E-state index contributed by atoms with van der Waals surface area (Å²) in [6, 6.07) is 7.26. The van der Waals surface area contributed by atoms with Crippen molar-refractivity contribution in [2.24, 2.45) is 0 Å². The number of carbonyl (C=O) groups is 2. The third-order valence-corrected chi connectivity index (χ3v) is 3.22. The fourth-order valence-corrected chi connectivity index (χ4v) is 2.15. The number of nitrogens with one attached hydrogen (secondary N) is 1. The van der Waals surface area contributed by atoms with Gasteiger partial charge in [0.2, 0.25) is 11.8 Å². The molecule has 2 rings (SSSR count). The zero-order valence-electron chi connectivity index (χ0n) is 10.9. The summed E-state index contributed by atoms with van der Waals surface area (Å²) in [5, 5.41) is 2.83. The lowest BCUT2D eigenvalue weighted by Crippen LogP contribution is -2.36. The second kappa shape index (κ2) is 6.22. The van der Waals surface area contributed by atoms with E-state index in [2.05, 4.69) is 5.32 Å². The molecule has 0 aliphatic carbocycles. The highest BCUT2D eigenvalue weighted by Crippen LogP contribution is 2.08. The number of nitrogens with zero attached hydrogens (tertiary/aromatic N) is 1. The van der Waals surface area contributed by atoms with E-state index in [9.17, 15) is 9.59 Å². The summed E-state index contributed by atoms with van der Waals surface area (Å²) in [6.07, 6.45) is 1.91. The van der Waals surface area contributed by atoms with E-state index in [0.717, 1.165) is 18.5 Å². The van der Waals surface area contributed by atoms with Crippen LogP contribution in [-0.2, 0) is 16.0 Å². The molecule has 0 spiro atoms. The van der Waals surface area contributed by atoms with Crippen LogP contribution in [0.2, 0.25) is 0 Å². The lowest BCUT2D eigenvalue weighted by Gasteiger charge is -2.15. The highest BCUT2D eigenvalue weighted by molar-refractivity contribution is 5.79. The topological polar surface area (TPSA) is 75.4 Å². The molecule has 0 bridgehead atoms. The van der Waals surface area contributed by atoms with Crippen molar-refractivity contribution in [3.05, 3.63) is 29.8 Å². The monoisotopic (exact) mass is 261 g/mol. The Hall–Kier alpha value is -2.04. The van der Waals surface area contributed by atoms with E-state index < -0.39 is 0 Å². The van der Waals surface area contributed by atoms with Crippen molar-refractivity contribution in [2.45, 2.75) is 19.3 Å². The molecule has 5 nitrogen and oxygen atoms in total. The fourth-order valence-electron chi connectivity index (χ4n) is 2.15. The van der Waals surface area contributed by atoms with E-state index in [1.807, 2.05) is 12.1 Å². The van der Waals surface area contributed by atoms with Crippen molar-refractivity contribution in [1.29, 1.82) is 0 Å². The van der Waals surface area contributed by atoms with Crippen LogP contribution in [0, 0.1) is 0 Å². The largest absolute Gasteiger partial charge is 0.399 e. The summed E-state index contributed by atoms with van der Waals surface area (Å²) < 4.78 is 0. The molecule has 1 saturated heterocycles. The molecule has 0 atom stereocenters. The van der Waals surface area contributed by atoms with Crippen LogP contribution in [0.3, 0.4) is 0 Å². The zero-order chi connectivity index (χ0) is 13.7. The fraction of sp³-hybridized carbons (Fsp3) is 0.429. The summed E-state index contributed by atoms with van der Waals surface area (Å²) >= 11 is 0. The minimum atomic E-state index is -0.0311. The number of hydrogen-bond donors (Lipinski definition) is 2. The maximum atomic E-state index is 11.7. The van der Waals surface area contributed by atoms with Crippen LogP contribution in [0.1, 0.15) is 18.4 Å². The molecule has 0 unspecified atom stereocenters. The van der Waals surface area contributed by atoms with Gasteiger partial charge in [-0.1, -0.05) is 12.1 Å². The Labute approximate surface area is 112 Å². The second-order valence-electron chi connectivity index (χ2n) is 4.75. The number of likely N-dealkylation sites (tertiary alicyclic amines) is 1. The minimum absolute atomic E-state index is 0.0311. The lowest BCUT2D eigenvalue weighted by molar-refractivity contribution is -0.128. The quantitative estimate of drug-likeness (QED) is 0.760. The predicted molar refractivity (Wildman–Crippen MR) is 73.4 cm³/mol. The molecule has 1 heterocycles. The van der Waals surface area contributed by atoms with Crippen molar-refractivity contribution in [1.82, 2.24) is 10.2 Å². The molecular weight excluding hydrogens is 242 g/mol. The minimum Gasteiger partial charge on any atom is -0.399 e. The molecule has 0 radical (unpaired) electrons. The van der Waals surface area contributed by atoms with E-state index in [1.165, 1.54) is 0 Å². The van der Waals surface area contributed by atoms with Crippen molar-refractivity contribution in [2.75, 3.05) is 25.4 Å². The molecule has 102 valence electrons. The highest BCUT2D eigenvalue weighted by Gasteiger charge is 2.19.